The van der Waals surface area contributed by atoms with E-state index in [4.69, 9.17) is 0 Å². The van der Waals surface area contributed by atoms with Gasteiger partial charge in [-0.15, -0.1) is 0 Å². The largest absolute Gasteiger partial charge is 0.369 e. The molecule has 6 nitrogen and oxygen atoms in total. The highest BCUT2D eigenvalue weighted by Gasteiger charge is 2.26. The topological polar surface area (TPSA) is 69.7 Å². The number of rotatable bonds is 5. The summed E-state index contributed by atoms with van der Waals surface area (Å²) in [6.45, 7) is 2.74. The number of hydrogen-bond donors (Lipinski definition) is 1. The highest BCUT2D eigenvalue weighted by Crippen LogP contribution is 2.27. The maximum absolute atomic E-state index is 12.6. The van der Waals surface area contributed by atoms with E-state index in [2.05, 4.69) is 28.4 Å². The molecule has 1 N–H and O–H groups in total. The van der Waals surface area contributed by atoms with Crippen LogP contribution in [-0.2, 0) is 16.4 Å². The van der Waals surface area contributed by atoms with Crippen molar-refractivity contribution in [3.05, 3.63) is 59.7 Å². The molecule has 2 aromatic rings. The van der Waals surface area contributed by atoms with Crippen molar-refractivity contribution in [2.75, 3.05) is 41.1 Å². The minimum atomic E-state index is -3.28. The lowest BCUT2D eigenvalue weighted by Gasteiger charge is -2.28. The van der Waals surface area contributed by atoms with Crippen molar-refractivity contribution >= 4 is 27.3 Å². The summed E-state index contributed by atoms with van der Waals surface area (Å²) in [5.41, 5.74) is 3.65. The maximum atomic E-state index is 12.6. The maximum Gasteiger partial charge on any atom is 0.251 e. The fraction of sp³-hybridized carbons (Fsp3) is 0.381. The molecule has 2 aliphatic rings. The second kappa shape index (κ2) is 7.83. The molecule has 0 saturated carbocycles. The SMILES string of the molecule is O=C(NCCN1CCc2ccccc21)c1cccc(N2CCCCS2(=O)=O)c1. The Hall–Kier alpha value is -2.54. The van der Waals surface area contributed by atoms with Crippen LogP contribution in [0.4, 0.5) is 11.4 Å². The van der Waals surface area contributed by atoms with Crippen LogP contribution in [-0.4, -0.2) is 46.3 Å². The second-order valence-electron chi connectivity index (χ2n) is 7.27. The molecule has 148 valence electrons. The molecule has 1 amide bonds. The van der Waals surface area contributed by atoms with Crippen LogP contribution in [0, 0.1) is 0 Å². The van der Waals surface area contributed by atoms with Crippen molar-refractivity contribution in [2.24, 2.45) is 0 Å². The van der Waals surface area contributed by atoms with Crippen LogP contribution in [0.5, 0.6) is 0 Å². The molecule has 0 bridgehead atoms. The van der Waals surface area contributed by atoms with Crippen molar-refractivity contribution in [1.29, 1.82) is 0 Å². The molecule has 7 heteroatoms. The molecular formula is C21H25N3O3S. The third-order valence-electron chi connectivity index (χ3n) is 5.40. The van der Waals surface area contributed by atoms with Crippen molar-refractivity contribution in [1.82, 2.24) is 5.32 Å². The first kappa shape index (κ1) is 18.8. The quantitative estimate of drug-likeness (QED) is 0.838. The molecular weight excluding hydrogens is 374 g/mol. The number of amides is 1. The van der Waals surface area contributed by atoms with Gasteiger partial charge in [0.2, 0.25) is 10.0 Å². The minimum absolute atomic E-state index is 0.167. The summed E-state index contributed by atoms with van der Waals surface area (Å²) in [5.74, 6) is -0.00970. The Morgan fingerprint density at radius 3 is 2.75 bits per heavy atom. The van der Waals surface area contributed by atoms with Gasteiger partial charge in [-0.1, -0.05) is 24.3 Å². The molecule has 0 unspecified atom stereocenters. The third kappa shape index (κ3) is 3.85. The molecule has 0 spiro atoms. The van der Waals surface area contributed by atoms with Crippen LogP contribution in [0.1, 0.15) is 28.8 Å². The van der Waals surface area contributed by atoms with Crippen molar-refractivity contribution in [3.63, 3.8) is 0 Å². The summed E-state index contributed by atoms with van der Waals surface area (Å²) in [5, 5.41) is 2.96. The van der Waals surface area contributed by atoms with Gasteiger partial charge in [-0.05, 0) is 49.1 Å². The average molecular weight is 400 g/mol. The number of carbonyl (C=O) groups excluding carboxylic acids is 1. The summed E-state index contributed by atoms with van der Waals surface area (Å²) in [6.07, 6.45) is 2.57. The smallest absolute Gasteiger partial charge is 0.251 e. The van der Waals surface area contributed by atoms with Crippen LogP contribution in [0.3, 0.4) is 0 Å². The zero-order chi connectivity index (χ0) is 19.6. The predicted octanol–water partition coefficient (Wildman–Crippen LogP) is 2.41. The molecule has 0 radical (unpaired) electrons. The van der Waals surface area contributed by atoms with Gasteiger partial charge in [-0.2, -0.15) is 0 Å². The number of nitrogens with zero attached hydrogens (tertiary/aromatic N) is 2. The molecule has 0 aromatic heterocycles. The summed E-state index contributed by atoms with van der Waals surface area (Å²) in [4.78, 5) is 14.8. The Labute approximate surface area is 166 Å². The molecule has 2 aromatic carbocycles. The molecule has 0 aliphatic carbocycles. The molecule has 4 rings (SSSR count). The van der Waals surface area contributed by atoms with Gasteiger partial charge in [0.25, 0.3) is 5.91 Å². The molecule has 1 fully saturated rings. The lowest BCUT2D eigenvalue weighted by Crippen LogP contribution is -2.38. The van der Waals surface area contributed by atoms with Gasteiger partial charge < -0.3 is 10.2 Å². The second-order valence-corrected chi connectivity index (χ2v) is 9.28. The highest BCUT2D eigenvalue weighted by atomic mass is 32.2. The fourth-order valence-corrected chi connectivity index (χ4v) is 5.56. The monoisotopic (exact) mass is 399 g/mol. The van der Waals surface area contributed by atoms with Gasteiger partial charge in [-0.25, -0.2) is 8.42 Å². The van der Waals surface area contributed by atoms with Gasteiger partial charge >= 0.3 is 0 Å². The standard InChI is InChI=1S/C21H25N3O3S/c25-21(22-11-14-23-13-10-17-6-1-2-9-20(17)23)18-7-5-8-19(16-18)24-12-3-4-15-28(24,26)27/h1-2,5-9,16H,3-4,10-15H2,(H,22,25). The zero-order valence-corrected chi connectivity index (χ0v) is 16.6. The van der Waals surface area contributed by atoms with E-state index >= 15 is 0 Å². The number of benzene rings is 2. The van der Waals surface area contributed by atoms with Crippen molar-refractivity contribution in [2.45, 2.75) is 19.3 Å². The van der Waals surface area contributed by atoms with Crippen molar-refractivity contribution < 1.29 is 13.2 Å². The van der Waals surface area contributed by atoms with Crippen LogP contribution >= 0.6 is 0 Å². The van der Waals surface area contributed by atoms with Crippen LogP contribution in [0.15, 0.2) is 48.5 Å². The summed E-state index contributed by atoms with van der Waals surface area (Å²) in [6, 6.07) is 15.2. The summed E-state index contributed by atoms with van der Waals surface area (Å²) in [7, 11) is -3.28. The molecule has 28 heavy (non-hydrogen) atoms. The Morgan fingerprint density at radius 1 is 1.04 bits per heavy atom. The number of sulfonamides is 1. The number of para-hydroxylation sites is 1. The Bertz CT molecular complexity index is 974. The van der Waals surface area contributed by atoms with Gasteiger partial charge in [0.1, 0.15) is 0 Å². The first-order valence-electron chi connectivity index (χ1n) is 9.76. The Balaban J connectivity index is 1.38. The lowest BCUT2D eigenvalue weighted by molar-refractivity contribution is 0.0954. The first-order chi connectivity index (χ1) is 13.5. The highest BCUT2D eigenvalue weighted by molar-refractivity contribution is 7.92. The summed E-state index contributed by atoms with van der Waals surface area (Å²) >= 11 is 0. The Kier molecular flexibility index (Phi) is 5.26. The van der Waals surface area contributed by atoms with E-state index in [-0.39, 0.29) is 11.7 Å². The number of carbonyl (C=O) groups is 1. The minimum Gasteiger partial charge on any atom is -0.369 e. The normalized spacial score (nSPS) is 18.0. The van der Waals surface area contributed by atoms with E-state index in [0.29, 0.717) is 30.8 Å². The molecule has 2 heterocycles. The van der Waals surface area contributed by atoms with E-state index in [0.717, 1.165) is 25.9 Å². The number of anilines is 2. The lowest BCUT2D eigenvalue weighted by atomic mass is 10.2. The number of fused-ring (bicyclic) bond motifs is 1. The van der Waals surface area contributed by atoms with E-state index in [1.54, 1.807) is 24.3 Å². The fourth-order valence-electron chi connectivity index (χ4n) is 3.93. The van der Waals surface area contributed by atoms with Crippen LogP contribution in [0.2, 0.25) is 0 Å². The van der Waals surface area contributed by atoms with E-state index in [1.807, 2.05) is 6.07 Å². The Morgan fingerprint density at radius 2 is 1.89 bits per heavy atom. The first-order valence-corrected chi connectivity index (χ1v) is 11.4. The average Bonchev–Trinajstić information content (AvgIpc) is 3.11. The van der Waals surface area contributed by atoms with Gasteiger partial charge in [-0.3, -0.25) is 9.10 Å². The third-order valence-corrected chi connectivity index (χ3v) is 7.27. The number of nitrogens with one attached hydrogen (secondary N) is 1. The van der Waals surface area contributed by atoms with Gasteiger partial charge in [0.15, 0.2) is 0 Å². The van der Waals surface area contributed by atoms with Crippen LogP contribution in [0.25, 0.3) is 0 Å². The van der Waals surface area contributed by atoms with Crippen molar-refractivity contribution in [3.8, 4) is 0 Å². The van der Waals surface area contributed by atoms with E-state index in [9.17, 15) is 13.2 Å². The molecule has 2 aliphatic heterocycles. The zero-order valence-electron chi connectivity index (χ0n) is 15.8. The molecule has 1 saturated heterocycles. The number of hydrogen-bond acceptors (Lipinski definition) is 4. The van der Waals surface area contributed by atoms with Crippen LogP contribution < -0.4 is 14.5 Å². The van der Waals surface area contributed by atoms with Gasteiger partial charge in [0, 0.05) is 37.4 Å². The molecule has 0 atom stereocenters. The summed E-state index contributed by atoms with van der Waals surface area (Å²) < 4.78 is 26.0. The van der Waals surface area contributed by atoms with Gasteiger partial charge in [0.05, 0.1) is 11.4 Å². The van der Waals surface area contributed by atoms with E-state index in [1.165, 1.54) is 15.6 Å². The van der Waals surface area contributed by atoms with E-state index < -0.39 is 10.0 Å². The predicted molar refractivity (Wildman–Crippen MR) is 112 cm³/mol.